The lowest BCUT2D eigenvalue weighted by Crippen LogP contribution is -1.78. The van der Waals surface area contributed by atoms with Crippen molar-refractivity contribution >= 4 is 50.6 Å². The Morgan fingerprint density at radius 3 is 2.88 bits per heavy atom. The molecular weight excluding hydrogens is 332 g/mol. The number of pyridine rings is 1. The van der Waals surface area contributed by atoms with Crippen molar-refractivity contribution in [2.24, 2.45) is 0 Å². The lowest BCUT2D eigenvalue weighted by Gasteiger charge is -1.95. The summed E-state index contributed by atoms with van der Waals surface area (Å²) in [5, 5.41) is 10.2. The summed E-state index contributed by atoms with van der Waals surface area (Å²) in [7, 11) is 0. The third kappa shape index (κ3) is 2.95. The first kappa shape index (κ1) is 12.3. The van der Waals surface area contributed by atoms with Crippen LogP contribution in [0.15, 0.2) is 32.2 Å². The van der Waals surface area contributed by atoms with Crippen LogP contribution in [-0.2, 0) is 6.61 Å². The molecule has 3 nitrogen and oxygen atoms in total. The predicted octanol–water partition coefficient (Wildman–Crippen LogP) is 3.60. The Morgan fingerprint density at radius 2 is 2.31 bits per heavy atom. The Bertz CT molecular complexity index is 489. The van der Waals surface area contributed by atoms with Crippen molar-refractivity contribution < 1.29 is 5.11 Å². The van der Waals surface area contributed by atoms with E-state index < -0.39 is 0 Å². The molecule has 0 aliphatic rings. The highest BCUT2D eigenvalue weighted by Gasteiger charge is 2.09. The van der Waals surface area contributed by atoms with E-state index in [1.807, 2.05) is 12.1 Å². The van der Waals surface area contributed by atoms with Crippen LogP contribution in [0.2, 0.25) is 5.15 Å². The van der Waals surface area contributed by atoms with Crippen molar-refractivity contribution in [3.63, 3.8) is 0 Å². The van der Waals surface area contributed by atoms with Crippen molar-refractivity contribution in [3.8, 4) is 0 Å². The standard InChI is InChI=1S/C9H6BrClN2OS2/c10-5-1-2-7(12-3-5)16-9-13-8(11)6(4-14)15-9/h1-3,14H,4H2. The topological polar surface area (TPSA) is 46.0 Å². The van der Waals surface area contributed by atoms with Crippen LogP contribution in [0.1, 0.15) is 4.88 Å². The van der Waals surface area contributed by atoms with E-state index in [0.29, 0.717) is 10.0 Å². The minimum absolute atomic E-state index is 0.0785. The molecule has 0 fully saturated rings. The summed E-state index contributed by atoms with van der Waals surface area (Å²) < 4.78 is 1.72. The number of nitrogens with zero attached hydrogens (tertiary/aromatic N) is 2. The molecule has 0 aliphatic carbocycles. The molecule has 0 spiro atoms. The minimum atomic E-state index is -0.0785. The monoisotopic (exact) mass is 336 g/mol. The van der Waals surface area contributed by atoms with Crippen molar-refractivity contribution in [2.45, 2.75) is 16.0 Å². The molecule has 1 N–H and O–H groups in total. The molecular formula is C9H6BrClN2OS2. The van der Waals surface area contributed by atoms with Gasteiger partial charge in [-0.05, 0) is 39.8 Å². The maximum atomic E-state index is 8.99. The fraction of sp³-hybridized carbons (Fsp3) is 0.111. The van der Waals surface area contributed by atoms with Crippen molar-refractivity contribution in [1.29, 1.82) is 0 Å². The molecule has 84 valence electrons. The number of rotatable bonds is 3. The van der Waals surface area contributed by atoms with E-state index in [1.165, 1.54) is 23.1 Å². The van der Waals surface area contributed by atoms with Gasteiger partial charge < -0.3 is 5.11 Å². The largest absolute Gasteiger partial charge is 0.391 e. The van der Waals surface area contributed by atoms with Gasteiger partial charge in [-0.3, -0.25) is 0 Å². The average molecular weight is 338 g/mol. The number of thiazole rings is 1. The summed E-state index contributed by atoms with van der Waals surface area (Å²) in [4.78, 5) is 9.03. The van der Waals surface area contributed by atoms with Gasteiger partial charge in [-0.25, -0.2) is 9.97 Å². The number of aromatic nitrogens is 2. The van der Waals surface area contributed by atoms with Gasteiger partial charge in [0.05, 0.1) is 11.5 Å². The number of hydrogen-bond donors (Lipinski definition) is 1. The fourth-order valence-corrected chi connectivity index (χ4v) is 3.38. The molecule has 2 aromatic heterocycles. The second-order valence-electron chi connectivity index (χ2n) is 2.77. The van der Waals surface area contributed by atoms with Crippen molar-refractivity contribution in [2.75, 3.05) is 0 Å². The van der Waals surface area contributed by atoms with Gasteiger partial charge in [0.1, 0.15) is 10.2 Å². The maximum absolute atomic E-state index is 8.99. The molecule has 0 radical (unpaired) electrons. The summed E-state index contributed by atoms with van der Waals surface area (Å²) in [5.74, 6) is 0. The Labute approximate surface area is 114 Å². The average Bonchev–Trinajstić information content (AvgIpc) is 2.62. The zero-order valence-electron chi connectivity index (χ0n) is 7.85. The molecule has 7 heteroatoms. The maximum Gasteiger partial charge on any atom is 0.158 e. The number of aliphatic hydroxyl groups excluding tert-OH is 1. The summed E-state index contributed by atoms with van der Waals surface area (Å²) in [6.45, 7) is -0.0785. The van der Waals surface area contributed by atoms with E-state index in [9.17, 15) is 0 Å². The highest BCUT2D eigenvalue weighted by molar-refractivity contribution is 9.10. The number of halogens is 2. The van der Waals surface area contributed by atoms with Crippen LogP contribution in [0.4, 0.5) is 0 Å². The minimum Gasteiger partial charge on any atom is -0.391 e. The quantitative estimate of drug-likeness (QED) is 0.929. The van der Waals surface area contributed by atoms with E-state index >= 15 is 0 Å². The lowest BCUT2D eigenvalue weighted by molar-refractivity contribution is 0.285. The third-order valence-electron chi connectivity index (χ3n) is 1.67. The highest BCUT2D eigenvalue weighted by Crippen LogP contribution is 2.34. The third-order valence-corrected chi connectivity index (χ3v) is 4.61. The van der Waals surface area contributed by atoms with Gasteiger partial charge in [-0.2, -0.15) is 0 Å². The molecule has 0 bridgehead atoms. The van der Waals surface area contributed by atoms with Crippen LogP contribution in [0.3, 0.4) is 0 Å². The summed E-state index contributed by atoms with van der Waals surface area (Å²) in [6, 6.07) is 3.81. The Kier molecular flexibility index (Phi) is 4.21. The lowest BCUT2D eigenvalue weighted by atomic mass is 10.5. The Hall–Kier alpha value is -0.140. The zero-order valence-corrected chi connectivity index (χ0v) is 11.8. The van der Waals surface area contributed by atoms with Gasteiger partial charge >= 0.3 is 0 Å². The normalized spacial score (nSPS) is 10.7. The van der Waals surface area contributed by atoms with E-state index in [4.69, 9.17) is 16.7 Å². The van der Waals surface area contributed by atoms with E-state index in [1.54, 1.807) is 6.20 Å². The van der Waals surface area contributed by atoms with Crippen LogP contribution in [0.5, 0.6) is 0 Å². The summed E-state index contributed by atoms with van der Waals surface area (Å²) in [6.07, 6.45) is 1.73. The molecule has 0 aromatic carbocycles. The Balaban J connectivity index is 2.17. The number of aliphatic hydroxyl groups is 1. The van der Waals surface area contributed by atoms with Gasteiger partial charge in [-0.15, -0.1) is 11.3 Å². The number of hydrogen-bond acceptors (Lipinski definition) is 5. The molecule has 2 heterocycles. The molecule has 0 atom stereocenters. The first-order valence-corrected chi connectivity index (χ1v) is 7.05. The molecule has 2 aromatic rings. The SMILES string of the molecule is OCc1sc(Sc2ccc(Br)cn2)nc1Cl. The molecule has 2 rings (SSSR count). The molecule has 0 saturated heterocycles. The molecule has 16 heavy (non-hydrogen) atoms. The van der Waals surface area contributed by atoms with Crippen LogP contribution in [-0.4, -0.2) is 15.1 Å². The zero-order chi connectivity index (χ0) is 11.5. The van der Waals surface area contributed by atoms with Gasteiger partial charge in [0.25, 0.3) is 0 Å². The Morgan fingerprint density at radius 1 is 1.50 bits per heavy atom. The van der Waals surface area contributed by atoms with Crippen LogP contribution < -0.4 is 0 Å². The molecule has 0 unspecified atom stereocenters. The second kappa shape index (κ2) is 5.46. The van der Waals surface area contributed by atoms with E-state index in [2.05, 4.69) is 25.9 Å². The fourth-order valence-electron chi connectivity index (χ4n) is 0.966. The molecule has 0 aliphatic heterocycles. The van der Waals surface area contributed by atoms with Crippen LogP contribution in [0, 0.1) is 0 Å². The van der Waals surface area contributed by atoms with Crippen LogP contribution in [0.25, 0.3) is 0 Å². The highest BCUT2D eigenvalue weighted by atomic mass is 79.9. The van der Waals surface area contributed by atoms with Crippen molar-refractivity contribution in [3.05, 3.63) is 32.8 Å². The molecule has 0 saturated carbocycles. The summed E-state index contributed by atoms with van der Waals surface area (Å²) in [5.41, 5.74) is 0. The van der Waals surface area contributed by atoms with Gasteiger partial charge in [-0.1, -0.05) is 11.6 Å². The van der Waals surface area contributed by atoms with Gasteiger partial charge in [0.15, 0.2) is 4.34 Å². The van der Waals surface area contributed by atoms with Gasteiger partial charge in [0.2, 0.25) is 0 Å². The van der Waals surface area contributed by atoms with E-state index in [0.717, 1.165) is 13.8 Å². The smallest absolute Gasteiger partial charge is 0.158 e. The van der Waals surface area contributed by atoms with E-state index in [-0.39, 0.29) is 6.61 Å². The molecule has 0 amide bonds. The van der Waals surface area contributed by atoms with Crippen LogP contribution >= 0.6 is 50.6 Å². The predicted molar refractivity (Wildman–Crippen MR) is 69.1 cm³/mol. The first-order valence-electron chi connectivity index (χ1n) is 4.24. The van der Waals surface area contributed by atoms with Gasteiger partial charge in [0, 0.05) is 10.7 Å². The summed E-state index contributed by atoms with van der Waals surface area (Å²) >= 11 is 12.0. The first-order chi connectivity index (χ1) is 7.69. The van der Waals surface area contributed by atoms with Crippen molar-refractivity contribution in [1.82, 2.24) is 9.97 Å². The second-order valence-corrected chi connectivity index (χ2v) is 6.39.